The summed E-state index contributed by atoms with van der Waals surface area (Å²) in [7, 11) is 1.56. The molecule has 0 spiro atoms. The number of rotatable bonds is 2. The lowest BCUT2D eigenvalue weighted by atomic mass is 10.9. The fraction of sp³-hybridized carbons (Fsp3) is 0.333. The highest BCUT2D eigenvalue weighted by Crippen LogP contribution is 1.65. The highest BCUT2D eigenvalue weighted by molar-refractivity contribution is 5.73. The SMILES string of the molecule is CN(/C=N/O)/C=N/O. The number of nitrogens with zero attached hydrogens (tertiary/aromatic N) is 3. The van der Waals surface area contributed by atoms with E-state index in [1.807, 2.05) is 0 Å². The molecule has 2 N–H and O–H groups in total. The molecule has 0 unspecified atom stereocenters. The van der Waals surface area contributed by atoms with Gasteiger partial charge >= 0.3 is 0 Å². The third-order valence-corrected chi connectivity index (χ3v) is 0.468. The molecule has 0 aliphatic carbocycles. The normalized spacial score (nSPS) is 11.1. The summed E-state index contributed by atoms with van der Waals surface area (Å²) < 4.78 is 0. The van der Waals surface area contributed by atoms with Crippen molar-refractivity contribution >= 4 is 12.7 Å². The van der Waals surface area contributed by atoms with Crippen molar-refractivity contribution in [3.05, 3.63) is 0 Å². The van der Waals surface area contributed by atoms with Gasteiger partial charge in [0.2, 0.25) is 0 Å². The molecule has 8 heavy (non-hydrogen) atoms. The number of hydrogen-bond acceptors (Lipinski definition) is 4. The Labute approximate surface area is 46.5 Å². The van der Waals surface area contributed by atoms with Gasteiger partial charge in [-0.2, -0.15) is 0 Å². The van der Waals surface area contributed by atoms with Gasteiger partial charge in [-0.25, -0.2) is 0 Å². The van der Waals surface area contributed by atoms with Gasteiger partial charge in [0.1, 0.15) is 12.7 Å². The van der Waals surface area contributed by atoms with Crippen LogP contribution in [0.2, 0.25) is 0 Å². The maximum atomic E-state index is 7.85. The Bertz CT molecular complexity index is 88.7. The Hall–Kier alpha value is -1.26. The minimum atomic E-state index is 1.08. The molecule has 0 aromatic carbocycles. The second-order valence-electron chi connectivity index (χ2n) is 1.13. The van der Waals surface area contributed by atoms with E-state index in [9.17, 15) is 0 Å². The Morgan fingerprint density at radius 1 is 1.25 bits per heavy atom. The largest absolute Gasteiger partial charge is 0.410 e. The van der Waals surface area contributed by atoms with Gasteiger partial charge < -0.3 is 15.3 Å². The lowest BCUT2D eigenvalue weighted by Crippen LogP contribution is -2.12. The van der Waals surface area contributed by atoms with Gasteiger partial charge in [0.05, 0.1) is 0 Å². The first-order valence-electron chi connectivity index (χ1n) is 1.88. The van der Waals surface area contributed by atoms with Gasteiger partial charge in [0.25, 0.3) is 0 Å². The second-order valence-corrected chi connectivity index (χ2v) is 1.13. The molecule has 0 aliphatic rings. The number of oxime groups is 2. The van der Waals surface area contributed by atoms with E-state index in [1.54, 1.807) is 7.05 Å². The molecule has 0 radical (unpaired) electrons. The molecule has 5 nitrogen and oxygen atoms in total. The Balaban J connectivity index is 3.47. The van der Waals surface area contributed by atoms with E-state index < -0.39 is 0 Å². The minimum Gasteiger partial charge on any atom is -0.410 e. The third-order valence-electron chi connectivity index (χ3n) is 0.468. The summed E-state index contributed by atoms with van der Waals surface area (Å²) in [4.78, 5) is 1.28. The van der Waals surface area contributed by atoms with Gasteiger partial charge in [-0.15, -0.1) is 0 Å². The maximum Gasteiger partial charge on any atom is 0.135 e. The Kier molecular flexibility index (Phi) is 3.30. The predicted molar refractivity (Wildman–Crippen MR) is 28.3 cm³/mol. The van der Waals surface area contributed by atoms with Crippen LogP contribution >= 0.6 is 0 Å². The molecule has 0 aliphatic heterocycles. The summed E-state index contributed by atoms with van der Waals surface area (Å²) in [6, 6.07) is 0. The zero-order valence-electron chi connectivity index (χ0n) is 4.39. The number of hydrogen-bond donors (Lipinski definition) is 2. The summed E-state index contributed by atoms with van der Waals surface area (Å²) in [5, 5.41) is 21.0. The van der Waals surface area contributed by atoms with Gasteiger partial charge in [-0.3, -0.25) is 0 Å². The van der Waals surface area contributed by atoms with Crippen LogP contribution in [0.5, 0.6) is 0 Å². The summed E-state index contributed by atoms with van der Waals surface area (Å²) in [6.07, 6.45) is 2.17. The molecular weight excluding hydrogens is 110 g/mol. The van der Waals surface area contributed by atoms with E-state index in [4.69, 9.17) is 10.4 Å². The minimum absolute atomic E-state index is 1.08. The van der Waals surface area contributed by atoms with Crippen LogP contribution in [0.4, 0.5) is 0 Å². The molecule has 0 atom stereocenters. The molecule has 5 heteroatoms. The topological polar surface area (TPSA) is 68.4 Å². The second kappa shape index (κ2) is 3.91. The van der Waals surface area contributed by atoms with Crippen LogP contribution in [0.1, 0.15) is 0 Å². The van der Waals surface area contributed by atoms with Gasteiger partial charge in [0, 0.05) is 7.05 Å². The first-order chi connectivity index (χ1) is 3.81. The van der Waals surface area contributed by atoms with Crippen molar-refractivity contribution in [2.24, 2.45) is 10.3 Å². The molecule has 0 heterocycles. The molecule has 46 valence electrons. The van der Waals surface area contributed by atoms with Crippen LogP contribution in [0.3, 0.4) is 0 Å². The fourth-order valence-corrected chi connectivity index (χ4v) is 0.193. The van der Waals surface area contributed by atoms with Crippen molar-refractivity contribution in [3.63, 3.8) is 0 Å². The van der Waals surface area contributed by atoms with Crippen molar-refractivity contribution in [1.29, 1.82) is 0 Å². The van der Waals surface area contributed by atoms with Crippen molar-refractivity contribution in [3.8, 4) is 0 Å². The average Bonchev–Trinajstić information content (AvgIpc) is 1.68. The molecule has 0 saturated carbocycles. The zero-order chi connectivity index (χ0) is 6.41. The Morgan fingerprint density at radius 2 is 1.62 bits per heavy atom. The molecule has 0 aromatic rings. The lowest BCUT2D eigenvalue weighted by Gasteiger charge is -1.98. The molecule has 0 amide bonds. The summed E-state index contributed by atoms with van der Waals surface area (Å²) in [5.74, 6) is 0. The van der Waals surface area contributed by atoms with E-state index in [2.05, 4.69) is 10.3 Å². The Morgan fingerprint density at radius 3 is 1.88 bits per heavy atom. The van der Waals surface area contributed by atoms with Gasteiger partial charge in [-0.1, -0.05) is 10.3 Å². The van der Waals surface area contributed by atoms with E-state index >= 15 is 0 Å². The lowest BCUT2D eigenvalue weighted by molar-refractivity contribution is 0.310. The monoisotopic (exact) mass is 117 g/mol. The smallest absolute Gasteiger partial charge is 0.135 e. The van der Waals surface area contributed by atoms with Crippen molar-refractivity contribution in [1.82, 2.24) is 4.90 Å². The molecule has 0 saturated heterocycles. The first-order valence-corrected chi connectivity index (χ1v) is 1.88. The predicted octanol–water partition coefficient (Wildman–Crippen LogP) is -0.247. The van der Waals surface area contributed by atoms with Crippen LogP contribution in [0, 0.1) is 0 Å². The molecule has 0 bridgehead atoms. The van der Waals surface area contributed by atoms with Crippen molar-refractivity contribution in [2.75, 3.05) is 7.05 Å². The highest BCUT2D eigenvalue weighted by Gasteiger charge is 1.79. The molecule has 0 rings (SSSR count). The molecular formula is C3H7N3O2. The summed E-state index contributed by atoms with van der Waals surface area (Å²) in [5.41, 5.74) is 0. The van der Waals surface area contributed by atoms with Crippen LogP contribution in [-0.4, -0.2) is 35.0 Å². The van der Waals surface area contributed by atoms with Gasteiger partial charge in [0.15, 0.2) is 0 Å². The van der Waals surface area contributed by atoms with Crippen molar-refractivity contribution < 1.29 is 10.4 Å². The summed E-state index contributed by atoms with van der Waals surface area (Å²) >= 11 is 0. The van der Waals surface area contributed by atoms with E-state index in [0.717, 1.165) is 12.7 Å². The highest BCUT2D eigenvalue weighted by atomic mass is 16.4. The van der Waals surface area contributed by atoms with Crippen LogP contribution in [-0.2, 0) is 0 Å². The zero-order valence-corrected chi connectivity index (χ0v) is 4.39. The third kappa shape index (κ3) is 2.95. The quantitative estimate of drug-likeness (QED) is 0.227. The standard InChI is InChI=1S/C3H7N3O2/c1-6(2-4-7)3-5-8/h2-3,7-8H,1H3/b4-2+,5-3+. The maximum absolute atomic E-state index is 7.85. The van der Waals surface area contributed by atoms with Crippen LogP contribution in [0.25, 0.3) is 0 Å². The fourth-order valence-electron chi connectivity index (χ4n) is 0.193. The average molecular weight is 117 g/mol. The van der Waals surface area contributed by atoms with Crippen LogP contribution in [0.15, 0.2) is 10.3 Å². The van der Waals surface area contributed by atoms with Crippen LogP contribution < -0.4 is 0 Å². The molecule has 0 fully saturated rings. The van der Waals surface area contributed by atoms with E-state index in [0.29, 0.717) is 0 Å². The van der Waals surface area contributed by atoms with Gasteiger partial charge in [-0.05, 0) is 0 Å². The molecule has 0 aromatic heterocycles. The first kappa shape index (κ1) is 6.74. The van der Waals surface area contributed by atoms with Crippen molar-refractivity contribution in [2.45, 2.75) is 0 Å². The summed E-state index contributed by atoms with van der Waals surface area (Å²) in [6.45, 7) is 0. The van der Waals surface area contributed by atoms with E-state index in [1.165, 1.54) is 4.90 Å². The van der Waals surface area contributed by atoms with E-state index in [-0.39, 0.29) is 0 Å².